The summed E-state index contributed by atoms with van der Waals surface area (Å²) < 4.78 is 8.23. The number of nitrogens with one attached hydrogen (secondary N) is 2. The van der Waals surface area contributed by atoms with Gasteiger partial charge in [-0.05, 0) is 78.3 Å². The molecule has 1 saturated carbocycles. The average molecular weight is 526 g/mol. The summed E-state index contributed by atoms with van der Waals surface area (Å²) in [7, 11) is 0. The molecule has 0 spiro atoms. The van der Waals surface area contributed by atoms with Gasteiger partial charge in [-0.3, -0.25) is 9.69 Å². The minimum Gasteiger partial charge on any atom is -0.476 e. The van der Waals surface area contributed by atoms with E-state index in [2.05, 4.69) is 29.7 Å². The van der Waals surface area contributed by atoms with Crippen molar-refractivity contribution < 1.29 is 14.3 Å². The Morgan fingerprint density at radius 1 is 1.08 bits per heavy atom. The third kappa shape index (κ3) is 6.39. The first-order chi connectivity index (χ1) is 18.5. The van der Waals surface area contributed by atoms with Crippen molar-refractivity contribution in [3.05, 3.63) is 17.9 Å². The molecule has 3 amide bonds. The van der Waals surface area contributed by atoms with Gasteiger partial charge >= 0.3 is 6.03 Å². The molecule has 0 radical (unpaired) electrons. The van der Waals surface area contributed by atoms with Crippen LogP contribution in [0.2, 0.25) is 0 Å². The number of fused-ring (bicyclic) bond motifs is 1. The first-order valence-electron chi connectivity index (χ1n) is 14.6. The van der Waals surface area contributed by atoms with Crippen molar-refractivity contribution in [2.75, 3.05) is 39.3 Å². The summed E-state index contributed by atoms with van der Waals surface area (Å²) in [6.07, 6.45) is 11.0. The van der Waals surface area contributed by atoms with Crippen LogP contribution in [0.25, 0.3) is 11.0 Å². The van der Waals surface area contributed by atoms with Crippen LogP contribution < -0.4 is 15.7 Å². The van der Waals surface area contributed by atoms with Crippen LogP contribution in [-0.2, 0) is 4.79 Å². The fourth-order valence-corrected chi connectivity index (χ4v) is 6.08. The quantitative estimate of drug-likeness (QED) is 0.574. The predicted octanol–water partition coefficient (Wildman–Crippen LogP) is 3.60. The second kappa shape index (κ2) is 12.3. The van der Waals surface area contributed by atoms with Crippen LogP contribution in [0.4, 0.5) is 4.79 Å². The number of carbonyl (C=O) groups excluding carboxylic acids is 2. The molecule has 4 heterocycles. The summed E-state index contributed by atoms with van der Waals surface area (Å²) in [5.41, 5.74) is 2.33. The minimum absolute atomic E-state index is 0.0291. The van der Waals surface area contributed by atoms with E-state index >= 15 is 0 Å². The summed E-state index contributed by atoms with van der Waals surface area (Å²) in [6.45, 7) is 9.30. The highest BCUT2D eigenvalue weighted by Crippen LogP contribution is 2.33. The number of ether oxygens (including phenoxy) is 1. The molecule has 0 bridgehead atoms. The van der Waals surface area contributed by atoms with Crippen molar-refractivity contribution in [1.82, 2.24) is 29.7 Å². The number of hydrogen-bond donors (Lipinski definition) is 2. The zero-order valence-corrected chi connectivity index (χ0v) is 23.0. The molecular formula is C28H43N7O3. The van der Waals surface area contributed by atoms with Crippen molar-refractivity contribution in [3.8, 4) is 5.88 Å². The number of amides is 3. The van der Waals surface area contributed by atoms with Crippen molar-refractivity contribution in [2.45, 2.75) is 83.7 Å². The SMILES string of the molecule is CC(C)NC(=O)C1CCC(n2/c(=N/C(=O)N3CCCC3)[nH]c3cnc(OCCN4CCCCC4)cc32)CC1. The van der Waals surface area contributed by atoms with Crippen molar-refractivity contribution in [1.29, 1.82) is 0 Å². The molecular weight excluding hydrogens is 482 g/mol. The Labute approximate surface area is 224 Å². The Balaban J connectivity index is 1.37. The number of hydrogen-bond acceptors (Lipinski definition) is 5. The number of nitrogens with zero attached hydrogens (tertiary/aromatic N) is 5. The Morgan fingerprint density at radius 2 is 1.79 bits per heavy atom. The zero-order valence-electron chi connectivity index (χ0n) is 23.0. The molecule has 1 aliphatic carbocycles. The van der Waals surface area contributed by atoms with E-state index < -0.39 is 0 Å². The molecule has 38 heavy (non-hydrogen) atoms. The van der Waals surface area contributed by atoms with Crippen LogP contribution in [0.3, 0.4) is 0 Å². The number of urea groups is 1. The number of pyridine rings is 1. The molecule has 2 aliphatic heterocycles. The smallest absolute Gasteiger partial charge is 0.346 e. The van der Waals surface area contributed by atoms with Gasteiger partial charge in [0, 0.05) is 43.7 Å². The number of rotatable bonds is 7. The highest BCUT2D eigenvalue weighted by atomic mass is 16.5. The first kappa shape index (κ1) is 26.7. The monoisotopic (exact) mass is 525 g/mol. The van der Waals surface area contributed by atoms with Crippen LogP contribution in [0.15, 0.2) is 17.3 Å². The fraction of sp³-hybridized carbons (Fsp3) is 0.714. The van der Waals surface area contributed by atoms with Gasteiger partial charge in [-0.2, -0.15) is 4.99 Å². The van der Waals surface area contributed by atoms with Crippen LogP contribution in [-0.4, -0.2) is 81.6 Å². The molecule has 0 atom stereocenters. The number of aromatic amines is 1. The van der Waals surface area contributed by atoms with Crippen molar-refractivity contribution >= 4 is 23.0 Å². The molecule has 0 aromatic carbocycles. The lowest BCUT2D eigenvalue weighted by Gasteiger charge is -2.29. The maximum Gasteiger partial charge on any atom is 0.346 e. The molecule has 2 aromatic heterocycles. The molecule has 0 unspecified atom stereocenters. The molecule has 3 fully saturated rings. The molecule has 2 saturated heterocycles. The minimum atomic E-state index is -0.196. The standard InChI is InChI=1S/C28H43N7O3/c1-20(2)30-26(36)21-8-10-22(11-9-21)35-24-18-25(38-17-16-33-12-4-3-5-13-33)29-19-23(24)31-27(35)32-28(37)34-14-6-7-15-34/h18-22H,3-17H2,1-2H3,(H,30,36)(H,31,32,37). The third-order valence-corrected chi connectivity index (χ3v) is 8.14. The average Bonchev–Trinajstić information content (AvgIpc) is 3.57. The normalized spacial score (nSPS) is 23.3. The summed E-state index contributed by atoms with van der Waals surface area (Å²) >= 11 is 0. The lowest BCUT2D eigenvalue weighted by Crippen LogP contribution is -2.38. The Morgan fingerprint density at radius 3 is 2.50 bits per heavy atom. The van der Waals surface area contributed by atoms with E-state index in [1.165, 1.54) is 19.3 Å². The van der Waals surface area contributed by atoms with Gasteiger partial charge in [0.15, 0.2) is 0 Å². The van der Waals surface area contributed by atoms with Crippen molar-refractivity contribution in [3.63, 3.8) is 0 Å². The molecule has 5 rings (SSSR count). The van der Waals surface area contributed by atoms with Crippen LogP contribution in [0.1, 0.15) is 77.7 Å². The maximum atomic E-state index is 13.0. The fourth-order valence-electron chi connectivity index (χ4n) is 6.08. The lowest BCUT2D eigenvalue weighted by molar-refractivity contribution is -0.126. The van der Waals surface area contributed by atoms with Crippen molar-refractivity contribution in [2.24, 2.45) is 10.9 Å². The van der Waals surface area contributed by atoms with Gasteiger partial charge in [0.05, 0.1) is 17.2 Å². The number of H-pyrrole nitrogens is 1. The summed E-state index contributed by atoms with van der Waals surface area (Å²) in [6, 6.07) is 2.06. The first-order valence-corrected chi connectivity index (χ1v) is 14.6. The van der Waals surface area contributed by atoms with Crippen LogP contribution in [0.5, 0.6) is 5.88 Å². The van der Waals surface area contributed by atoms with Gasteiger partial charge in [-0.25, -0.2) is 9.78 Å². The molecule has 10 nitrogen and oxygen atoms in total. The second-order valence-corrected chi connectivity index (χ2v) is 11.4. The van der Waals surface area contributed by atoms with E-state index in [9.17, 15) is 9.59 Å². The molecule has 10 heteroatoms. The van der Waals surface area contributed by atoms with E-state index in [4.69, 9.17) is 4.74 Å². The largest absolute Gasteiger partial charge is 0.476 e. The van der Waals surface area contributed by atoms with Gasteiger partial charge in [0.2, 0.25) is 17.4 Å². The Bertz CT molecular complexity index is 1170. The summed E-state index contributed by atoms with van der Waals surface area (Å²) in [5, 5.41) is 3.06. The van der Waals surface area contributed by atoms with Gasteiger partial charge in [-0.1, -0.05) is 6.42 Å². The molecule has 208 valence electrons. The number of likely N-dealkylation sites (tertiary alicyclic amines) is 2. The predicted molar refractivity (Wildman–Crippen MR) is 146 cm³/mol. The van der Waals surface area contributed by atoms with Gasteiger partial charge in [0.25, 0.3) is 0 Å². The van der Waals surface area contributed by atoms with Gasteiger partial charge in [0.1, 0.15) is 6.61 Å². The van der Waals surface area contributed by atoms with E-state index in [0.717, 1.165) is 82.3 Å². The second-order valence-electron chi connectivity index (χ2n) is 11.4. The topological polar surface area (TPSA) is 108 Å². The summed E-state index contributed by atoms with van der Waals surface area (Å²) in [4.78, 5) is 42.3. The maximum absolute atomic E-state index is 13.0. The van der Waals surface area contributed by atoms with Crippen LogP contribution in [0, 0.1) is 5.92 Å². The Kier molecular flexibility index (Phi) is 8.66. The van der Waals surface area contributed by atoms with E-state index in [0.29, 0.717) is 18.1 Å². The van der Waals surface area contributed by atoms with Gasteiger partial charge < -0.3 is 24.5 Å². The zero-order chi connectivity index (χ0) is 26.5. The lowest BCUT2D eigenvalue weighted by atomic mass is 9.85. The third-order valence-electron chi connectivity index (χ3n) is 8.14. The molecule has 2 N–H and O–H groups in total. The number of aromatic nitrogens is 3. The number of piperidine rings is 1. The number of imidazole rings is 1. The van der Waals surface area contributed by atoms with E-state index in [-0.39, 0.29) is 29.9 Å². The highest BCUT2D eigenvalue weighted by molar-refractivity contribution is 5.79. The van der Waals surface area contributed by atoms with Crippen LogP contribution >= 0.6 is 0 Å². The molecule has 2 aromatic rings. The Hall–Kier alpha value is -2.88. The highest BCUT2D eigenvalue weighted by Gasteiger charge is 2.29. The van der Waals surface area contributed by atoms with Gasteiger partial charge in [-0.15, -0.1) is 0 Å². The summed E-state index contributed by atoms with van der Waals surface area (Å²) in [5.74, 6) is 0.760. The number of carbonyl (C=O) groups is 2. The van der Waals surface area contributed by atoms with E-state index in [1.54, 1.807) is 6.20 Å². The van der Waals surface area contributed by atoms with E-state index in [1.807, 2.05) is 24.8 Å². The molecule has 3 aliphatic rings.